The molecule has 0 saturated heterocycles. The highest BCUT2D eigenvalue weighted by Crippen LogP contribution is 2.47. The van der Waals surface area contributed by atoms with E-state index in [-0.39, 0.29) is 33.1 Å². The van der Waals surface area contributed by atoms with Gasteiger partial charge in [-0.3, -0.25) is 9.78 Å². The molecule has 4 rings (SSSR count). The third-order valence-electron chi connectivity index (χ3n) is 5.54. The maximum absolute atomic E-state index is 14.6. The van der Waals surface area contributed by atoms with E-state index < -0.39 is 11.7 Å². The number of carbonyl (C=O) groups is 1. The summed E-state index contributed by atoms with van der Waals surface area (Å²) in [6.07, 6.45) is 7.29. The molecule has 3 atom stereocenters. The molecule has 0 spiro atoms. The third kappa shape index (κ3) is 3.63. The van der Waals surface area contributed by atoms with Gasteiger partial charge in [-0.2, -0.15) is 0 Å². The maximum Gasteiger partial charge on any atom is 0.258 e. The number of halogens is 3. The average molecular weight is 425 g/mol. The summed E-state index contributed by atoms with van der Waals surface area (Å²) in [6.45, 7) is 0. The van der Waals surface area contributed by atoms with E-state index in [1.165, 1.54) is 38.4 Å². The summed E-state index contributed by atoms with van der Waals surface area (Å²) in [5.74, 6) is 0.408. The van der Waals surface area contributed by atoms with Gasteiger partial charge in [-0.15, -0.1) is 0 Å². The Morgan fingerprint density at radius 1 is 1.18 bits per heavy atom. The van der Waals surface area contributed by atoms with Gasteiger partial charge in [0.15, 0.2) is 11.5 Å². The lowest BCUT2D eigenvalue weighted by Gasteiger charge is -2.24. The molecule has 2 aliphatic rings. The molecule has 0 aliphatic heterocycles. The Morgan fingerprint density at radius 2 is 1.93 bits per heavy atom. The third-order valence-corrected chi connectivity index (χ3v) is 6.11. The Labute approximate surface area is 172 Å². The molecule has 2 saturated carbocycles. The van der Waals surface area contributed by atoms with E-state index >= 15 is 0 Å². The van der Waals surface area contributed by atoms with E-state index in [1.54, 1.807) is 0 Å². The molecule has 2 fully saturated rings. The molecular formula is C20H19Cl2FN2O3. The van der Waals surface area contributed by atoms with Crippen molar-refractivity contribution in [3.05, 3.63) is 46.0 Å². The van der Waals surface area contributed by atoms with Gasteiger partial charge >= 0.3 is 0 Å². The Balaban J connectivity index is 1.60. The summed E-state index contributed by atoms with van der Waals surface area (Å²) in [4.78, 5) is 16.5. The summed E-state index contributed by atoms with van der Waals surface area (Å²) in [6, 6.07) is 2.53. The highest BCUT2D eigenvalue weighted by atomic mass is 35.5. The fraction of sp³-hybridized carbons (Fsp3) is 0.400. The average Bonchev–Trinajstić information content (AvgIpc) is 3.29. The smallest absolute Gasteiger partial charge is 0.258 e. The van der Waals surface area contributed by atoms with Crippen molar-refractivity contribution in [3.63, 3.8) is 0 Å². The van der Waals surface area contributed by atoms with Gasteiger partial charge in [-0.1, -0.05) is 23.2 Å². The zero-order chi connectivity index (χ0) is 19.8. The molecule has 2 bridgehead atoms. The highest BCUT2D eigenvalue weighted by Gasteiger charge is 2.41. The summed E-state index contributed by atoms with van der Waals surface area (Å²) >= 11 is 12.1. The first-order valence-electron chi connectivity index (χ1n) is 9.10. The van der Waals surface area contributed by atoms with Crippen LogP contribution in [0.1, 0.15) is 36.0 Å². The highest BCUT2D eigenvalue weighted by molar-refractivity contribution is 6.39. The van der Waals surface area contributed by atoms with E-state index in [9.17, 15) is 9.18 Å². The number of anilines is 1. The van der Waals surface area contributed by atoms with Crippen LogP contribution in [0.4, 0.5) is 10.1 Å². The van der Waals surface area contributed by atoms with Gasteiger partial charge in [-0.25, -0.2) is 4.39 Å². The second kappa shape index (κ2) is 7.76. The molecule has 1 N–H and O–H groups in total. The fourth-order valence-corrected chi connectivity index (χ4v) is 4.63. The number of carbonyl (C=O) groups excluding carboxylic acids is 1. The monoisotopic (exact) mass is 424 g/mol. The summed E-state index contributed by atoms with van der Waals surface area (Å²) in [5.41, 5.74) is -0.00276. The molecule has 8 heteroatoms. The normalized spacial score (nSPS) is 22.9. The first-order valence-corrected chi connectivity index (χ1v) is 9.86. The van der Waals surface area contributed by atoms with E-state index in [4.69, 9.17) is 32.7 Å². The van der Waals surface area contributed by atoms with Gasteiger partial charge < -0.3 is 14.8 Å². The van der Waals surface area contributed by atoms with Crippen LogP contribution in [0, 0.1) is 17.7 Å². The number of methoxy groups -OCH3 is 1. The Bertz CT molecular complexity index is 904. The number of amides is 1. The van der Waals surface area contributed by atoms with Gasteiger partial charge in [0.05, 0.1) is 28.4 Å². The minimum atomic E-state index is -0.726. The number of nitrogens with one attached hydrogen (secondary N) is 1. The summed E-state index contributed by atoms with van der Waals surface area (Å²) in [7, 11) is 1.44. The van der Waals surface area contributed by atoms with Gasteiger partial charge in [0, 0.05) is 18.5 Å². The molecule has 28 heavy (non-hydrogen) atoms. The zero-order valence-electron chi connectivity index (χ0n) is 15.2. The van der Waals surface area contributed by atoms with Crippen molar-refractivity contribution >= 4 is 34.8 Å². The van der Waals surface area contributed by atoms with Gasteiger partial charge in [0.1, 0.15) is 11.9 Å². The van der Waals surface area contributed by atoms with Crippen LogP contribution in [-0.2, 0) is 0 Å². The number of nitrogens with zero attached hydrogens (tertiary/aromatic N) is 1. The largest absolute Gasteiger partial charge is 0.493 e. The number of hydrogen-bond acceptors (Lipinski definition) is 4. The number of hydrogen-bond donors (Lipinski definition) is 1. The van der Waals surface area contributed by atoms with Crippen LogP contribution in [0.2, 0.25) is 10.0 Å². The lowest BCUT2D eigenvalue weighted by atomic mass is 9.97. The molecule has 1 aromatic carbocycles. The van der Waals surface area contributed by atoms with Crippen LogP contribution in [0.25, 0.3) is 0 Å². The van der Waals surface area contributed by atoms with Crippen molar-refractivity contribution < 1.29 is 18.7 Å². The predicted molar refractivity (Wildman–Crippen MR) is 105 cm³/mol. The predicted octanol–water partition coefficient (Wildman–Crippen LogP) is 5.36. The van der Waals surface area contributed by atoms with Crippen LogP contribution < -0.4 is 14.8 Å². The molecule has 5 nitrogen and oxygen atoms in total. The molecule has 2 aromatic rings. The van der Waals surface area contributed by atoms with Gasteiger partial charge in [0.2, 0.25) is 0 Å². The molecule has 1 amide bonds. The molecule has 3 unspecified atom stereocenters. The van der Waals surface area contributed by atoms with E-state index in [2.05, 4.69) is 10.3 Å². The minimum Gasteiger partial charge on any atom is -0.493 e. The van der Waals surface area contributed by atoms with Crippen molar-refractivity contribution in [2.45, 2.75) is 31.8 Å². The van der Waals surface area contributed by atoms with Crippen molar-refractivity contribution in [3.8, 4) is 11.5 Å². The first-order chi connectivity index (χ1) is 13.5. The van der Waals surface area contributed by atoms with Gasteiger partial charge in [-0.05, 0) is 43.6 Å². The summed E-state index contributed by atoms with van der Waals surface area (Å²) in [5, 5.41) is 2.86. The van der Waals surface area contributed by atoms with Crippen LogP contribution in [0.3, 0.4) is 0 Å². The van der Waals surface area contributed by atoms with Gasteiger partial charge in [0.25, 0.3) is 5.91 Å². The lowest BCUT2D eigenvalue weighted by molar-refractivity contribution is 0.102. The van der Waals surface area contributed by atoms with Crippen LogP contribution >= 0.6 is 23.2 Å². The second-order valence-electron chi connectivity index (χ2n) is 7.25. The van der Waals surface area contributed by atoms with Crippen molar-refractivity contribution in [2.75, 3.05) is 12.4 Å². The minimum absolute atomic E-state index is 0.0677. The molecular weight excluding hydrogens is 406 g/mol. The molecule has 148 valence electrons. The Morgan fingerprint density at radius 3 is 2.54 bits per heavy atom. The van der Waals surface area contributed by atoms with Crippen LogP contribution in [0.5, 0.6) is 11.5 Å². The van der Waals surface area contributed by atoms with Crippen LogP contribution in [-0.4, -0.2) is 24.1 Å². The number of aromatic nitrogens is 1. The quantitative estimate of drug-likeness (QED) is 0.701. The molecule has 2 aliphatic carbocycles. The maximum atomic E-state index is 14.6. The Kier molecular flexibility index (Phi) is 5.34. The standard InChI is InChI=1S/C20H19Cl2FN2O3/c1-27-17-7-15(23)12(20(26)25-19-13(21)8-24-9-14(19)22)6-18(17)28-16-5-10-2-3-11(16)4-10/h6-11,16H,2-5H2,1H3,(H,24,25,26). The first kappa shape index (κ1) is 19.3. The molecule has 1 heterocycles. The zero-order valence-corrected chi connectivity index (χ0v) is 16.7. The number of benzene rings is 1. The lowest BCUT2D eigenvalue weighted by Crippen LogP contribution is -2.24. The SMILES string of the molecule is COc1cc(F)c(C(=O)Nc2c(Cl)cncc2Cl)cc1OC1CC2CCC1C2. The van der Waals surface area contributed by atoms with Crippen molar-refractivity contribution in [1.82, 2.24) is 4.98 Å². The number of ether oxygens (including phenoxy) is 2. The topological polar surface area (TPSA) is 60.5 Å². The fourth-order valence-electron chi connectivity index (χ4n) is 4.17. The molecule has 1 aromatic heterocycles. The van der Waals surface area contributed by atoms with Crippen LogP contribution in [0.15, 0.2) is 24.5 Å². The Hall–Kier alpha value is -2.05. The molecule has 0 radical (unpaired) electrons. The number of rotatable bonds is 5. The van der Waals surface area contributed by atoms with E-state index in [1.807, 2.05) is 0 Å². The summed E-state index contributed by atoms with van der Waals surface area (Å²) < 4.78 is 26.0. The number of pyridine rings is 1. The van der Waals surface area contributed by atoms with Crippen molar-refractivity contribution in [2.24, 2.45) is 11.8 Å². The van der Waals surface area contributed by atoms with E-state index in [0.29, 0.717) is 17.6 Å². The van der Waals surface area contributed by atoms with Crippen molar-refractivity contribution in [1.29, 1.82) is 0 Å². The van der Waals surface area contributed by atoms with E-state index in [0.717, 1.165) is 18.9 Å². The second-order valence-corrected chi connectivity index (χ2v) is 8.06. The number of fused-ring (bicyclic) bond motifs is 2.